The Labute approximate surface area is 216 Å². The van der Waals surface area contributed by atoms with Gasteiger partial charge in [0, 0.05) is 31.1 Å². The van der Waals surface area contributed by atoms with Gasteiger partial charge >= 0.3 is 0 Å². The van der Waals surface area contributed by atoms with E-state index >= 15 is 0 Å². The molecule has 4 heterocycles. The Morgan fingerprint density at radius 2 is 1.89 bits per heavy atom. The number of nitrogens with one attached hydrogen (secondary N) is 1. The van der Waals surface area contributed by atoms with E-state index in [0.29, 0.717) is 29.5 Å². The molecule has 6 rings (SSSR count). The monoisotopic (exact) mass is 520 g/mol. The van der Waals surface area contributed by atoms with Gasteiger partial charge in [-0.15, -0.1) is 0 Å². The summed E-state index contributed by atoms with van der Waals surface area (Å²) in [6.07, 6.45) is 3.73. The highest BCUT2D eigenvalue weighted by Crippen LogP contribution is 2.39. The molecule has 0 radical (unpaired) electrons. The number of hydrogen-bond donors (Lipinski definition) is 1. The number of hydrogen-bond acceptors (Lipinski definition) is 6. The summed E-state index contributed by atoms with van der Waals surface area (Å²) >= 11 is 0. The first-order valence-electron chi connectivity index (χ1n) is 12.6. The molecule has 38 heavy (non-hydrogen) atoms. The fraction of sp³-hybridized carbons (Fsp3) is 0.333. The highest BCUT2D eigenvalue weighted by Gasteiger charge is 2.27. The van der Waals surface area contributed by atoms with Gasteiger partial charge in [0.25, 0.3) is 11.5 Å². The first kappa shape index (κ1) is 24.2. The number of anilines is 2. The van der Waals surface area contributed by atoms with Gasteiger partial charge in [-0.1, -0.05) is 13.0 Å². The van der Waals surface area contributed by atoms with Crippen molar-refractivity contribution < 1.29 is 18.3 Å². The number of halogens is 2. The fourth-order valence-corrected chi connectivity index (χ4v) is 5.26. The molecule has 0 aliphatic carbocycles. The van der Waals surface area contributed by atoms with Crippen molar-refractivity contribution in [3.8, 4) is 5.69 Å². The van der Waals surface area contributed by atoms with E-state index in [1.54, 1.807) is 0 Å². The highest BCUT2D eigenvalue weighted by atomic mass is 19.1. The second kappa shape index (κ2) is 9.64. The highest BCUT2D eigenvalue weighted by molar-refractivity contribution is 6.08. The van der Waals surface area contributed by atoms with Crippen molar-refractivity contribution in [3.63, 3.8) is 0 Å². The van der Waals surface area contributed by atoms with E-state index in [2.05, 4.69) is 27.3 Å². The zero-order valence-electron chi connectivity index (χ0n) is 20.7. The zero-order valence-corrected chi connectivity index (χ0v) is 20.7. The number of carbonyl (C=O) groups excluding carboxylic acids is 1. The SMILES string of the molecule is C[C@@H]1CCN(c2c(NC(=O)c3ccc(=O)n(-c4c(F)cccc4F)n3)ccc3c2cnn3[C@H]2CCOC2)C1. The third-order valence-electron chi connectivity index (χ3n) is 7.17. The molecular weight excluding hydrogens is 494 g/mol. The van der Waals surface area contributed by atoms with E-state index in [9.17, 15) is 18.4 Å². The summed E-state index contributed by atoms with van der Waals surface area (Å²) in [4.78, 5) is 28.0. The van der Waals surface area contributed by atoms with E-state index in [4.69, 9.17) is 4.74 Å². The van der Waals surface area contributed by atoms with Crippen LogP contribution in [0.25, 0.3) is 16.6 Å². The molecule has 1 N–H and O–H groups in total. The lowest BCUT2D eigenvalue weighted by Crippen LogP contribution is -2.27. The quantitative estimate of drug-likeness (QED) is 0.429. The number of aromatic nitrogens is 4. The van der Waals surface area contributed by atoms with Crippen molar-refractivity contribution in [2.75, 3.05) is 36.5 Å². The van der Waals surface area contributed by atoms with Crippen molar-refractivity contribution in [1.29, 1.82) is 0 Å². The van der Waals surface area contributed by atoms with Gasteiger partial charge in [0.05, 0.1) is 35.7 Å². The third-order valence-corrected chi connectivity index (χ3v) is 7.17. The van der Waals surface area contributed by atoms with Gasteiger partial charge in [-0.3, -0.25) is 14.3 Å². The molecule has 2 aromatic carbocycles. The van der Waals surface area contributed by atoms with Gasteiger partial charge in [0.1, 0.15) is 11.4 Å². The lowest BCUT2D eigenvalue weighted by Gasteiger charge is -2.23. The molecule has 2 atom stereocenters. The summed E-state index contributed by atoms with van der Waals surface area (Å²) < 4.78 is 36.8. The molecule has 2 aromatic heterocycles. The molecule has 0 bridgehead atoms. The Morgan fingerprint density at radius 1 is 1.08 bits per heavy atom. The molecule has 0 spiro atoms. The molecule has 2 aliphatic heterocycles. The van der Waals surface area contributed by atoms with Crippen LogP contribution in [0.3, 0.4) is 0 Å². The second-order valence-corrected chi connectivity index (χ2v) is 9.83. The standard InChI is InChI=1S/C27H26F2N6O3/c1-16-9-11-33(14-16)25-18-13-30-34(17-10-12-38-15-17)23(18)7-5-21(25)31-27(37)22-6-8-24(36)35(32-22)26-19(28)3-2-4-20(26)29/h2-8,13,16-17H,9-12,14-15H2,1H3,(H,31,37)/t16-,17+/m1/s1. The van der Waals surface area contributed by atoms with Crippen molar-refractivity contribution in [3.05, 3.63) is 76.3 Å². The topological polar surface area (TPSA) is 94.3 Å². The maximum absolute atomic E-state index is 14.4. The Hall–Kier alpha value is -4.12. The molecule has 2 aliphatic rings. The van der Waals surface area contributed by atoms with E-state index in [0.717, 1.165) is 60.7 Å². The predicted molar refractivity (Wildman–Crippen MR) is 138 cm³/mol. The summed E-state index contributed by atoms with van der Waals surface area (Å²) in [5.74, 6) is -2.04. The number of benzene rings is 2. The van der Waals surface area contributed by atoms with Crippen molar-refractivity contribution >= 4 is 28.2 Å². The first-order valence-corrected chi connectivity index (χ1v) is 12.6. The van der Waals surface area contributed by atoms with Gasteiger partial charge in [-0.05, 0) is 49.1 Å². The normalized spacial score (nSPS) is 19.4. The van der Waals surface area contributed by atoms with Crippen LogP contribution in [-0.4, -0.2) is 51.8 Å². The summed E-state index contributed by atoms with van der Waals surface area (Å²) in [5, 5.41) is 12.5. The van der Waals surface area contributed by atoms with E-state index in [-0.39, 0.29) is 11.7 Å². The predicted octanol–water partition coefficient (Wildman–Crippen LogP) is 3.92. The van der Waals surface area contributed by atoms with Crippen LogP contribution >= 0.6 is 0 Å². The van der Waals surface area contributed by atoms with Crippen LogP contribution in [0.5, 0.6) is 0 Å². The Balaban J connectivity index is 1.39. The molecule has 1 amide bonds. The molecule has 0 saturated carbocycles. The van der Waals surface area contributed by atoms with Crippen LogP contribution in [0.15, 0.2) is 53.5 Å². The molecular formula is C27H26F2N6O3. The van der Waals surface area contributed by atoms with Crippen LogP contribution in [0, 0.1) is 17.6 Å². The minimum atomic E-state index is -0.960. The summed E-state index contributed by atoms with van der Waals surface area (Å²) in [5.41, 5.74) is 0.821. The zero-order chi connectivity index (χ0) is 26.4. The summed E-state index contributed by atoms with van der Waals surface area (Å²) in [6, 6.07) is 9.44. The number of ether oxygens (including phenoxy) is 1. The maximum atomic E-state index is 14.4. The van der Waals surface area contributed by atoms with Crippen molar-refractivity contribution in [1.82, 2.24) is 19.6 Å². The lowest BCUT2D eigenvalue weighted by molar-refractivity contribution is 0.102. The third kappa shape index (κ3) is 4.22. The number of rotatable bonds is 5. The first-order chi connectivity index (χ1) is 18.4. The largest absolute Gasteiger partial charge is 0.379 e. The molecule has 0 unspecified atom stereocenters. The Bertz CT molecular complexity index is 1570. The smallest absolute Gasteiger partial charge is 0.276 e. The van der Waals surface area contributed by atoms with Gasteiger partial charge in [0.15, 0.2) is 11.6 Å². The average molecular weight is 521 g/mol. The van der Waals surface area contributed by atoms with E-state index < -0.39 is 28.8 Å². The Kier molecular flexibility index (Phi) is 6.15. The number of carbonyl (C=O) groups is 1. The maximum Gasteiger partial charge on any atom is 0.276 e. The number of fused-ring (bicyclic) bond motifs is 1. The minimum Gasteiger partial charge on any atom is -0.379 e. The van der Waals surface area contributed by atoms with Crippen LogP contribution in [0.4, 0.5) is 20.2 Å². The molecule has 2 saturated heterocycles. The van der Waals surface area contributed by atoms with Crippen molar-refractivity contribution in [2.45, 2.75) is 25.8 Å². The van der Waals surface area contributed by atoms with Crippen LogP contribution < -0.4 is 15.8 Å². The summed E-state index contributed by atoms with van der Waals surface area (Å²) in [7, 11) is 0. The second-order valence-electron chi connectivity index (χ2n) is 9.83. The van der Waals surface area contributed by atoms with Crippen LogP contribution in [0.2, 0.25) is 0 Å². The molecule has 196 valence electrons. The van der Waals surface area contributed by atoms with Gasteiger partial charge < -0.3 is 15.0 Å². The van der Waals surface area contributed by atoms with Crippen LogP contribution in [-0.2, 0) is 4.74 Å². The fourth-order valence-electron chi connectivity index (χ4n) is 5.26. The Morgan fingerprint density at radius 3 is 2.61 bits per heavy atom. The number of nitrogens with zero attached hydrogens (tertiary/aromatic N) is 5. The van der Waals surface area contributed by atoms with Gasteiger partial charge in [-0.25, -0.2) is 8.78 Å². The molecule has 2 fully saturated rings. The molecule has 11 heteroatoms. The van der Waals surface area contributed by atoms with E-state index in [1.165, 1.54) is 12.1 Å². The summed E-state index contributed by atoms with van der Waals surface area (Å²) in [6.45, 7) is 5.15. The van der Waals surface area contributed by atoms with Gasteiger partial charge in [-0.2, -0.15) is 14.9 Å². The van der Waals surface area contributed by atoms with Gasteiger partial charge in [0.2, 0.25) is 0 Å². The minimum absolute atomic E-state index is 0.155. The lowest BCUT2D eigenvalue weighted by atomic mass is 10.1. The van der Waals surface area contributed by atoms with Crippen LogP contribution in [0.1, 0.15) is 36.3 Å². The average Bonchev–Trinajstić information content (AvgIpc) is 3.66. The molecule has 4 aromatic rings. The number of para-hydroxylation sites is 1. The number of amides is 1. The van der Waals surface area contributed by atoms with Crippen molar-refractivity contribution in [2.24, 2.45) is 5.92 Å². The van der Waals surface area contributed by atoms with E-state index in [1.807, 2.05) is 23.0 Å². The molecule has 9 nitrogen and oxygen atoms in total.